The maximum absolute atomic E-state index is 13.8. The summed E-state index contributed by atoms with van der Waals surface area (Å²) >= 11 is 0. The van der Waals surface area contributed by atoms with Gasteiger partial charge in [0, 0.05) is 74.5 Å². The summed E-state index contributed by atoms with van der Waals surface area (Å²) in [4.78, 5) is 43.1. The molecule has 8 rings (SSSR count). The summed E-state index contributed by atoms with van der Waals surface area (Å²) in [5.41, 5.74) is 6.34. The molecule has 1 amide bonds. The van der Waals surface area contributed by atoms with E-state index in [1.165, 1.54) is 15.8 Å². The quantitative estimate of drug-likeness (QED) is 0.305. The Balaban J connectivity index is 1.05. The van der Waals surface area contributed by atoms with Crippen LogP contribution in [0, 0.1) is 0 Å². The van der Waals surface area contributed by atoms with Gasteiger partial charge in [0.2, 0.25) is 0 Å². The van der Waals surface area contributed by atoms with Gasteiger partial charge in [-0.1, -0.05) is 0 Å². The van der Waals surface area contributed by atoms with Crippen molar-refractivity contribution in [2.24, 2.45) is 7.05 Å². The van der Waals surface area contributed by atoms with Crippen LogP contribution >= 0.6 is 0 Å². The van der Waals surface area contributed by atoms with Crippen molar-refractivity contribution >= 4 is 28.9 Å². The number of aliphatic hydroxyl groups excluding tert-OH is 1. The fourth-order valence-electron chi connectivity index (χ4n) is 8.10. The average Bonchev–Trinajstić information content (AvgIpc) is 3.46. The van der Waals surface area contributed by atoms with Gasteiger partial charge in [0.25, 0.3) is 11.5 Å². The lowest BCUT2D eigenvalue weighted by Gasteiger charge is -2.51. The third kappa shape index (κ3) is 5.61. The number of carbonyl (C=O) groups excluding carboxylic acids is 1. The number of nitrogens with zero attached hydrogens (tertiary/aromatic N) is 7. The van der Waals surface area contributed by atoms with Gasteiger partial charge < -0.3 is 29.2 Å². The Hall–Kier alpha value is -4.52. The Morgan fingerprint density at radius 3 is 2.59 bits per heavy atom. The Bertz CT molecular complexity index is 1960. The van der Waals surface area contributed by atoms with E-state index in [0.29, 0.717) is 58.8 Å². The first-order chi connectivity index (χ1) is 23.7. The Morgan fingerprint density at radius 2 is 1.86 bits per heavy atom. The van der Waals surface area contributed by atoms with Crippen LogP contribution in [-0.4, -0.2) is 86.0 Å². The molecule has 3 aliphatic heterocycles. The van der Waals surface area contributed by atoms with Crippen molar-refractivity contribution in [2.45, 2.75) is 64.3 Å². The molecule has 0 atom stereocenters. The molecule has 2 fully saturated rings. The van der Waals surface area contributed by atoms with E-state index >= 15 is 0 Å². The molecule has 12 nitrogen and oxygen atoms in total. The second kappa shape index (κ2) is 12.4. The number of amides is 1. The van der Waals surface area contributed by atoms with Crippen LogP contribution in [-0.2, 0) is 37.8 Å². The van der Waals surface area contributed by atoms with Crippen LogP contribution in [0.3, 0.4) is 0 Å². The van der Waals surface area contributed by atoms with Crippen molar-refractivity contribution in [3.05, 3.63) is 81.8 Å². The minimum Gasteiger partial charge on any atom is -0.392 e. The van der Waals surface area contributed by atoms with Crippen molar-refractivity contribution in [2.75, 3.05) is 54.5 Å². The Kier molecular flexibility index (Phi) is 8.04. The van der Waals surface area contributed by atoms with E-state index < -0.39 is 0 Å². The third-order valence-corrected chi connectivity index (χ3v) is 10.8. The predicted molar refractivity (Wildman–Crippen MR) is 189 cm³/mol. The van der Waals surface area contributed by atoms with E-state index in [4.69, 9.17) is 9.72 Å². The van der Waals surface area contributed by atoms with Gasteiger partial charge in [0.15, 0.2) is 0 Å². The summed E-state index contributed by atoms with van der Waals surface area (Å²) in [6.45, 7) is 9.84. The number of piperazine rings is 1. The van der Waals surface area contributed by atoms with Crippen LogP contribution in [0.1, 0.15) is 54.0 Å². The van der Waals surface area contributed by atoms with Crippen LogP contribution in [0.4, 0.5) is 23.0 Å². The summed E-state index contributed by atoms with van der Waals surface area (Å²) in [6, 6.07) is 10.1. The van der Waals surface area contributed by atoms with E-state index in [-0.39, 0.29) is 23.6 Å². The monoisotopic (exact) mass is 664 g/mol. The number of nitrogens with one attached hydrogen (secondary N) is 1. The van der Waals surface area contributed by atoms with Gasteiger partial charge in [0.05, 0.1) is 37.7 Å². The number of hydrogen-bond donors (Lipinski definition) is 2. The van der Waals surface area contributed by atoms with Gasteiger partial charge >= 0.3 is 0 Å². The lowest BCUT2D eigenvalue weighted by Crippen LogP contribution is -2.64. The van der Waals surface area contributed by atoms with Crippen LogP contribution in [0.5, 0.6) is 0 Å². The fraction of sp³-hybridized carbons (Fsp3) is 0.459. The maximum Gasteiger partial charge on any atom is 0.276 e. The van der Waals surface area contributed by atoms with E-state index in [1.54, 1.807) is 30.4 Å². The number of rotatable bonds is 7. The topological polar surface area (TPSA) is 121 Å². The first-order valence-electron chi connectivity index (χ1n) is 17.4. The molecule has 7 heterocycles. The van der Waals surface area contributed by atoms with E-state index in [1.807, 2.05) is 24.4 Å². The summed E-state index contributed by atoms with van der Waals surface area (Å²) in [5, 5.41) is 13.9. The van der Waals surface area contributed by atoms with Gasteiger partial charge in [-0.05, 0) is 81.0 Å². The van der Waals surface area contributed by atoms with Crippen LogP contribution in [0.2, 0.25) is 0 Å². The summed E-state index contributed by atoms with van der Waals surface area (Å²) in [7, 11) is 1.70. The highest BCUT2D eigenvalue weighted by molar-refractivity contribution is 6.06. The highest BCUT2D eigenvalue weighted by atomic mass is 16.5. The molecule has 0 unspecified atom stereocenters. The summed E-state index contributed by atoms with van der Waals surface area (Å²) in [6.07, 6.45) is 9.59. The largest absolute Gasteiger partial charge is 0.392 e. The smallest absolute Gasteiger partial charge is 0.276 e. The first kappa shape index (κ1) is 31.7. The number of aliphatic hydroxyl groups is 1. The summed E-state index contributed by atoms with van der Waals surface area (Å²) in [5.74, 6) is 0.903. The molecule has 2 N–H and O–H groups in total. The molecule has 0 radical (unpaired) electrons. The highest BCUT2D eigenvalue weighted by Gasteiger charge is 2.38. The second-order valence-electron chi connectivity index (χ2n) is 14.3. The fourth-order valence-corrected chi connectivity index (χ4v) is 8.10. The molecule has 256 valence electrons. The number of carbonyl (C=O) groups is 1. The molecule has 4 aromatic rings. The lowest BCUT2D eigenvalue weighted by molar-refractivity contribution is -0.0741. The molecule has 49 heavy (non-hydrogen) atoms. The third-order valence-electron chi connectivity index (χ3n) is 10.8. The number of pyridine rings is 3. The molecule has 0 bridgehead atoms. The number of hydrogen-bond acceptors (Lipinski definition) is 9. The van der Waals surface area contributed by atoms with E-state index in [0.717, 1.165) is 64.2 Å². The van der Waals surface area contributed by atoms with Gasteiger partial charge in [-0.2, -0.15) is 0 Å². The Labute approximate surface area is 285 Å². The van der Waals surface area contributed by atoms with Crippen molar-refractivity contribution in [1.29, 1.82) is 0 Å². The first-order valence-corrected chi connectivity index (χ1v) is 17.4. The number of fused-ring (bicyclic) bond motifs is 3. The number of aryl methyl sites for hydroxylation is 2. The maximum atomic E-state index is 13.8. The minimum absolute atomic E-state index is 0.0644. The van der Waals surface area contributed by atoms with E-state index in [2.05, 4.69) is 44.6 Å². The molecule has 2 saturated heterocycles. The van der Waals surface area contributed by atoms with Gasteiger partial charge in [-0.15, -0.1) is 0 Å². The van der Waals surface area contributed by atoms with Gasteiger partial charge in [0.1, 0.15) is 23.0 Å². The number of aromatic nitrogens is 4. The average molecular weight is 665 g/mol. The van der Waals surface area contributed by atoms with Crippen molar-refractivity contribution < 1.29 is 14.6 Å². The SMILES string of the molecule is Cn1cc(-c2ccnc(N3CCn4c(cc5c4CCCC5)C3=O)c2CO)cc(Nc2ccc(N3CCN(C4COC4)CC3(C)C)cn2)c1=O. The van der Waals surface area contributed by atoms with E-state index in [9.17, 15) is 14.7 Å². The molecule has 1 aliphatic carbocycles. The number of anilines is 4. The molecular weight excluding hydrogens is 620 g/mol. The summed E-state index contributed by atoms with van der Waals surface area (Å²) < 4.78 is 9.12. The van der Waals surface area contributed by atoms with Gasteiger partial charge in [-0.3, -0.25) is 19.4 Å². The zero-order valence-corrected chi connectivity index (χ0v) is 28.5. The lowest BCUT2D eigenvalue weighted by atomic mass is 9.96. The predicted octanol–water partition coefficient (Wildman–Crippen LogP) is 3.72. The molecule has 4 aromatic heterocycles. The molecule has 0 spiro atoms. The number of ether oxygens (including phenoxy) is 1. The zero-order valence-electron chi connectivity index (χ0n) is 28.5. The van der Waals surface area contributed by atoms with Crippen LogP contribution in [0.25, 0.3) is 11.1 Å². The highest BCUT2D eigenvalue weighted by Crippen LogP contribution is 2.35. The molecule has 4 aliphatic rings. The second-order valence-corrected chi connectivity index (χ2v) is 14.3. The standard InChI is InChI=1S/C37H44N8O4/c1-37(2)23-42(27-21-49-22-27)12-15-45(37)26-8-9-33(39-18-26)40-30-16-25(19-41(3)35(30)47)28-10-11-38-34(29(28)20-46)44-14-13-43-31-7-5-4-6-24(31)17-32(43)36(44)48/h8-11,16-19,27,46H,4-7,12-15,20-23H2,1-3H3,(H,39,40). The Morgan fingerprint density at radius 1 is 1.02 bits per heavy atom. The van der Waals surface area contributed by atoms with Crippen LogP contribution in [0.15, 0.2) is 53.7 Å². The normalized spacial score (nSPS) is 19.4. The zero-order chi connectivity index (χ0) is 33.9. The molecule has 0 saturated carbocycles. The van der Waals surface area contributed by atoms with Crippen LogP contribution < -0.4 is 20.7 Å². The van der Waals surface area contributed by atoms with Crippen molar-refractivity contribution in [3.63, 3.8) is 0 Å². The molecule has 0 aromatic carbocycles. The molecule has 12 heteroatoms. The van der Waals surface area contributed by atoms with Gasteiger partial charge in [-0.25, -0.2) is 9.97 Å². The van der Waals surface area contributed by atoms with Crippen molar-refractivity contribution in [1.82, 2.24) is 24.0 Å². The minimum atomic E-state index is -0.312. The molecular formula is C37H44N8O4. The van der Waals surface area contributed by atoms with Crippen molar-refractivity contribution in [3.8, 4) is 11.1 Å².